The van der Waals surface area contributed by atoms with Gasteiger partial charge in [-0.1, -0.05) is 6.07 Å². The van der Waals surface area contributed by atoms with Crippen molar-refractivity contribution < 1.29 is 44.0 Å². The fourth-order valence-corrected chi connectivity index (χ4v) is 0.448. The van der Waals surface area contributed by atoms with Gasteiger partial charge < -0.3 is 1.43 Å². The predicted octanol–water partition coefficient (Wildman–Crippen LogP) is -1.99. The number of hydrogen-bond donors (Lipinski definition) is 1. The minimum atomic E-state index is -3.67. The summed E-state index contributed by atoms with van der Waals surface area (Å²) >= 11 is 0. The Hall–Kier alpha value is 0.0600. The summed E-state index contributed by atoms with van der Waals surface area (Å²) in [5.74, 6) is 0. The Balaban J connectivity index is -0.000000159. The van der Waals surface area contributed by atoms with Crippen LogP contribution in [-0.2, 0) is 10.1 Å². The maximum atomic E-state index is 9.19. The van der Waals surface area contributed by atoms with Crippen molar-refractivity contribution in [3.8, 4) is 0 Å². The number of aromatic nitrogens is 1. The summed E-state index contributed by atoms with van der Waals surface area (Å²) in [6.45, 7) is 1.97. The third-order valence-corrected chi connectivity index (χ3v) is 0.813. The van der Waals surface area contributed by atoms with Crippen LogP contribution in [0.3, 0.4) is 0 Å². The molecular formula is C7H12NNaO3S. The van der Waals surface area contributed by atoms with Gasteiger partial charge in [-0.15, -0.1) is 0 Å². The number of pyridine rings is 1. The SMILES string of the molecule is CS(=O)(=O)O.Cc1ccccn1.[H-].[Na+]. The second-order valence-corrected chi connectivity index (χ2v) is 3.67. The Morgan fingerprint density at radius 2 is 1.92 bits per heavy atom. The molecule has 0 bridgehead atoms. The van der Waals surface area contributed by atoms with Crippen LogP contribution in [0.4, 0.5) is 0 Å². The van der Waals surface area contributed by atoms with Crippen molar-refractivity contribution in [1.29, 1.82) is 0 Å². The van der Waals surface area contributed by atoms with Gasteiger partial charge in [-0.2, -0.15) is 8.42 Å². The molecule has 0 spiro atoms. The molecule has 6 heteroatoms. The average Bonchev–Trinajstić information content (AvgIpc) is 1.85. The van der Waals surface area contributed by atoms with E-state index in [4.69, 9.17) is 4.55 Å². The number of aryl methyl sites for hydroxylation is 1. The zero-order valence-electron chi connectivity index (χ0n) is 8.93. The maximum absolute atomic E-state index is 9.19. The molecule has 0 aromatic carbocycles. The second kappa shape index (κ2) is 7.46. The Bertz CT molecular complexity index is 309. The van der Waals surface area contributed by atoms with Gasteiger partial charge in [-0.25, -0.2) is 0 Å². The van der Waals surface area contributed by atoms with Crippen molar-refractivity contribution in [3.63, 3.8) is 0 Å². The van der Waals surface area contributed by atoms with Gasteiger partial charge >= 0.3 is 29.6 Å². The molecule has 70 valence electrons. The molecule has 0 saturated heterocycles. The van der Waals surface area contributed by atoms with E-state index in [-0.39, 0.29) is 31.0 Å². The standard InChI is InChI=1S/C6H7N.CH4O3S.Na.H/c1-6-4-2-3-5-7-6;1-5(2,3)4;;/h2-5H,1H3;1H3,(H,2,3,4);;/q;;+1;-1. The molecule has 0 saturated carbocycles. The third kappa shape index (κ3) is 18.8. The van der Waals surface area contributed by atoms with Crippen LogP contribution >= 0.6 is 0 Å². The molecular weight excluding hydrogens is 201 g/mol. The molecule has 0 fully saturated rings. The van der Waals surface area contributed by atoms with Crippen molar-refractivity contribution in [2.45, 2.75) is 6.92 Å². The largest absolute Gasteiger partial charge is 1.00 e. The summed E-state index contributed by atoms with van der Waals surface area (Å²) < 4.78 is 25.9. The molecule has 1 N–H and O–H groups in total. The van der Waals surface area contributed by atoms with E-state index in [1.807, 2.05) is 25.1 Å². The summed E-state index contributed by atoms with van der Waals surface area (Å²) in [5, 5.41) is 0. The molecule has 0 aliphatic rings. The van der Waals surface area contributed by atoms with Crippen molar-refractivity contribution in [3.05, 3.63) is 30.1 Å². The van der Waals surface area contributed by atoms with Crippen molar-refractivity contribution in [2.24, 2.45) is 0 Å². The Morgan fingerprint density at radius 1 is 1.46 bits per heavy atom. The van der Waals surface area contributed by atoms with E-state index in [1.165, 1.54) is 0 Å². The zero-order chi connectivity index (χ0) is 9.61. The molecule has 0 aliphatic heterocycles. The number of hydrogen-bond acceptors (Lipinski definition) is 3. The van der Waals surface area contributed by atoms with Gasteiger partial charge in [0, 0.05) is 11.9 Å². The summed E-state index contributed by atoms with van der Waals surface area (Å²) in [6, 6.07) is 5.86. The zero-order valence-corrected chi connectivity index (χ0v) is 10.7. The molecule has 0 radical (unpaired) electrons. The van der Waals surface area contributed by atoms with Crippen LogP contribution in [-0.4, -0.2) is 24.2 Å². The van der Waals surface area contributed by atoms with Crippen LogP contribution in [0.15, 0.2) is 24.4 Å². The first-order valence-corrected chi connectivity index (χ1v) is 5.04. The van der Waals surface area contributed by atoms with Crippen molar-refractivity contribution in [2.75, 3.05) is 6.26 Å². The monoisotopic (exact) mass is 213 g/mol. The Morgan fingerprint density at radius 3 is 2.08 bits per heavy atom. The van der Waals surface area contributed by atoms with Crippen LogP contribution in [0.5, 0.6) is 0 Å². The van der Waals surface area contributed by atoms with Gasteiger partial charge in [0.2, 0.25) is 0 Å². The van der Waals surface area contributed by atoms with E-state index in [0.717, 1.165) is 5.69 Å². The minimum absolute atomic E-state index is 0. The summed E-state index contributed by atoms with van der Waals surface area (Å²) in [4.78, 5) is 3.98. The van der Waals surface area contributed by atoms with Gasteiger partial charge in [0.25, 0.3) is 10.1 Å². The van der Waals surface area contributed by atoms with Crippen molar-refractivity contribution in [1.82, 2.24) is 4.98 Å². The first-order chi connectivity index (χ1) is 5.39. The average molecular weight is 213 g/mol. The summed E-state index contributed by atoms with van der Waals surface area (Å²) in [7, 11) is -3.67. The molecule has 1 aromatic rings. The van der Waals surface area contributed by atoms with E-state index >= 15 is 0 Å². The molecule has 1 aromatic heterocycles. The van der Waals surface area contributed by atoms with E-state index in [2.05, 4.69) is 4.98 Å². The summed E-state index contributed by atoms with van der Waals surface area (Å²) in [5.41, 5.74) is 1.07. The Kier molecular flexibility index (Phi) is 8.91. The topological polar surface area (TPSA) is 67.3 Å². The number of nitrogens with zero attached hydrogens (tertiary/aromatic N) is 1. The van der Waals surface area contributed by atoms with Gasteiger partial charge in [0.05, 0.1) is 6.26 Å². The van der Waals surface area contributed by atoms with Gasteiger partial charge in [-0.05, 0) is 19.1 Å². The van der Waals surface area contributed by atoms with E-state index in [0.29, 0.717) is 6.26 Å². The fourth-order valence-electron chi connectivity index (χ4n) is 0.448. The molecule has 1 rings (SSSR count). The van der Waals surface area contributed by atoms with Crippen LogP contribution in [0.1, 0.15) is 7.12 Å². The number of rotatable bonds is 0. The molecule has 0 unspecified atom stereocenters. The van der Waals surface area contributed by atoms with Crippen molar-refractivity contribution >= 4 is 10.1 Å². The van der Waals surface area contributed by atoms with Gasteiger partial charge in [0.15, 0.2) is 0 Å². The summed E-state index contributed by atoms with van der Waals surface area (Å²) in [6.07, 6.45) is 2.50. The molecule has 4 nitrogen and oxygen atoms in total. The smallest absolute Gasteiger partial charge is 1.00 e. The van der Waals surface area contributed by atoms with Crippen LogP contribution in [0.2, 0.25) is 0 Å². The van der Waals surface area contributed by atoms with Crippen LogP contribution in [0, 0.1) is 6.92 Å². The van der Waals surface area contributed by atoms with E-state index < -0.39 is 10.1 Å². The van der Waals surface area contributed by atoms with E-state index in [9.17, 15) is 8.42 Å². The normalized spacial score (nSPS) is 9.15. The molecule has 13 heavy (non-hydrogen) atoms. The van der Waals surface area contributed by atoms with Gasteiger partial charge in [0.1, 0.15) is 0 Å². The first kappa shape index (κ1) is 15.5. The molecule has 0 aliphatic carbocycles. The third-order valence-electron chi connectivity index (χ3n) is 0.813. The minimum Gasteiger partial charge on any atom is -1.00 e. The van der Waals surface area contributed by atoms with Gasteiger partial charge in [-0.3, -0.25) is 9.54 Å². The Labute approximate surface area is 102 Å². The van der Waals surface area contributed by atoms with Crippen LogP contribution in [0.25, 0.3) is 0 Å². The first-order valence-electron chi connectivity index (χ1n) is 3.19. The fraction of sp³-hybridized carbons (Fsp3) is 0.286. The molecule has 0 amide bonds. The van der Waals surface area contributed by atoms with E-state index in [1.54, 1.807) is 6.20 Å². The molecule has 0 atom stereocenters. The quantitative estimate of drug-likeness (QED) is 0.400. The predicted molar refractivity (Wildman–Crippen MR) is 47.6 cm³/mol. The second-order valence-electron chi connectivity index (χ2n) is 2.20. The maximum Gasteiger partial charge on any atom is 1.00 e. The molecule has 1 heterocycles. The van der Waals surface area contributed by atoms with Crippen LogP contribution < -0.4 is 29.6 Å².